The van der Waals surface area contributed by atoms with Crippen molar-refractivity contribution in [1.82, 2.24) is 0 Å². The number of isothiocyanates is 1. The summed E-state index contributed by atoms with van der Waals surface area (Å²) in [7, 11) is 0. The molecule has 0 aromatic carbocycles. The molecule has 1 nitrogen and oxygen atoms in total. The molecule has 4 fully saturated rings. The Balaban J connectivity index is 2.05. The molecule has 4 rings (SSSR count). The monoisotopic (exact) mass is 221 g/mol. The maximum absolute atomic E-state index is 4.84. The van der Waals surface area contributed by atoms with Crippen LogP contribution in [0.5, 0.6) is 0 Å². The SMILES string of the molecule is C[C@@]12CC3CC(N=C=S)(C1)C[C@@](C)(C3)C2. The summed E-state index contributed by atoms with van der Waals surface area (Å²) in [5.41, 5.74) is 1.28. The Labute approximate surface area is 97.4 Å². The van der Waals surface area contributed by atoms with E-state index >= 15 is 0 Å². The van der Waals surface area contributed by atoms with Crippen molar-refractivity contribution < 1.29 is 0 Å². The summed E-state index contributed by atoms with van der Waals surface area (Å²) in [6, 6.07) is 0. The van der Waals surface area contributed by atoms with Crippen LogP contribution < -0.4 is 0 Å². The Bertz CT molecular complexity index is 338. The van der Waals surface area contributed by atoms with Crippen molar-refractivity contribution in [2.75, 3.05) is 0 Å². The lowest BCUT2D eigenvalue weighted by Crippen LogP contribution is -2.57. The van der Waals surface area contributed by atoms with Gasteiger partial charge in [-0.05, 0) is 67.5 Å². The standard InChI is InChI=1S/C13H19NS/c1-11-3-10-4-12(2,6-11)8-13(5-10,7-11)14-9-15/h10H,3-8H2,1-2H3/t10?,11-,12-,13?/m0/s1. The van der Waals surface area contributed by atoms with Crippen LogP contribution in [-0.4, -0.2) is 10.7 Å². The molecule has 0 radical (unpaired) electrons. The number of thiocarbonyl (C=S) groups is 1. The van der Waals surface area contributed by atoms with E-state index in [2.05, 4.69) is 24.0 Å². The summed E-state index contributed by atoms with van der Waals surface area (Å²) in [6.45, 7) is 4.92. The first-order chi connectivity index (χ1) is 6.97. The highest BCUT2D eigenvalue weighted by molar-refractivity contribution is 7.78. The van der Waals surface area contributed by atoms with Crippen LogP contribution in [0.2, 0.25) is 0 Å². The van der Waals surface area contributed by atoms with Gasteiger partial charge in [-0.3, -0.25) is 0 Å². The molecule has 15 heavy (non-hydrogen) atoms. The zero-order valence-corrected chi connectivity index (χ0v) is 10.5. The normalized spacial score (nSPS) is 56.5. The molecule has 4 aliphatic carbocycles. The number of hydrogen-bond acceptors (Lipinski definition) is 2. The predicted octanol–water partition coefficient (Wildman–Crippen LogP) is 3.84. The Morgan fingerprint density at radius 1 is 1.07 bits per heavy atom. The van der Waals surface area contributed by atoms with Crippen molar-refractivity contribution in [2.45, 2.75) is 57.9 Å². The van der Waals surface area contributed by atoms with Crippen molar-refractivity contribution in [1.29, 1.82) is 0 Å². The molecule has 0 unspecified atom stereocenters. The van der Waals surface area contributed by atoms with E-state index in [-0.39, 0.29) is 5.54 Å². The summed E-state index contributed by atoms with van der Waals surface area (Å²) >= 11 is 4.84. The van der Waals surface area contributed by atoms with Crippen LogP contribution in [0.15, 0.2) is 4.99 Å². The van der Waals surface area contributed by atoms with Gasteiger partial charge in [0.05, 0.1) is 10.7 Å². The molecule has 0 N–H and O–H groups in total. The highest BCUT2D eigenvalue weighted by Gasteiger charge is 2.60. The van der Waals surface area contributed by atoms with Crippen molar-refractivity contribution in [3.8, 4) is 0 Å². The summed E-state index contributed by atoms with van der Waals surface area (Å²) in [5.74, 6) is 0.906. The smallest absolute Gasteiger partial charge is 0.0724 e. The molecule has 2 heteroatoms. The van der Waals surface area contributed by atoms with Crippen LogP contribution >= 0.6 is 12.2 Å². The third kappa shape index (κ3) is 1.42. The minimum absolute atomic E-state index is 0.185. The van der Waals surface area contributed by atoms with Gasteiger partial charge >= 0.3 is 0 Å². The van der Waals surface area contributed by atoms with Gasteiger partial charge in [0.25, 0.3) is 0 Å². The molecule has 0 heterocycles. The topological polar surface area (TPSA) is 12.4 Å². The van der Waals surface area contributed by atoms with Crippen molar-refractivity contribution >= 4 is 17.4 Å². The van der Waals surface area contributed by atoms with E-state index < -0.39 is 0 Å². The summed E-state index contributed by atoms with van der Waals surface area (Å²) in [5, 5.41) is 2.67. The highest BCUT2D eigenvalue weighted by Crippen LogP contribution is 2.67. The summed E-state index contributed by atoms with van der Waals surface area (Å²) in [4.78, 5) is 4.57. The Hall–Kier alpha value is -0.200. The molecule has 0 aromatic rings. The van der Waals surface area contributed by atoms with Gasteiger partial charge in [-0.15, -0.1) is 0 Å². The molecule has 4 bridgehead atoms. The van der Waals surface area contributed by atoms with Crippen LogP contribution in [0.1, 0.15) is 52.4 Å². The minimum Gasteiger partial charge on any atom is -0.226 e. The van der Waals surface area contributed by atoms with Crippen LogP contribution in [-0.2, 0) is 0 Å². The lowest BCUT2D eigenvalue weighted by Gasteiger charge is -2.63. The van der Waals surface area contributed by atoms with Gasteiger partial charge in [-0.25, -0.2) is 4.99 Å². The predicted molar refractivity (Wildman–Crippen MR) is 65.2 cm³/mol. The molecular formula is C13H19NS. The van der Waals surface area contributed by atoms with Gasteiger partial charge in [0.1, 0.15) is 0 Å². The maximum Gasteiger partial charge on any atom is 0.0724 e. The Kier molecular flexibility index (Phi) is 1.81. The molecule has 0 aromatic heterocycles. The van der Waals surface area contributed by atoms with E-state index in [1.807, 2.05) is 0 Å². The molecular weight excluding hydrogens is 202 g/mol. The van der Waals surface area contributed by atoms with Gasteiger partial charge in [0, 0.05) is 0 Å². The minimum atomic E-state index is 0.185. The van der Waals surface area contributed by atoms with E-state index in [4.69, 9.17) is 12.2 Å². The van der Waals surface area contributed by atoms with Crippen molar-refractivity contribution in [3.05, 3.63) is 0 Å². The fraction of sp³-hybridized carbons (Fsp3) is 0.923. The number of rotatable bonds is 1. The first kappa shape index (κ1) is 9.99. The van der Waals surface area contributed by atoms with E-state index in [0.717, 1.165) is 5.92 Å². The fourth-order valence-electron chi connectivity index (χ4n) is 5.61. The van der Waals surface area contributed by atoms with Crippen LogP contribution in [0.25, 0.3) is 0 Å². The number of nitrogens with zero attached hydrogens (tertiary/aromatic N) is 1. The van der Waals surface area contributed by atoms with E-state index in [1.54, 1.807) is 0 Å². The zero-order valence-electron chi connectivity index (χ0n) is 9.68. The third-order valence-corrected chi connectivity index (χ3v) is 4.97. The summed E-state index contributed by atoms with van der Waals surface area (Å²) < 4.78 is 0. The molecule has 0 amide bonds. The molecule has 4 saturated carbocycles. The Morgan fingerprint density at radius 2 is 1.67 bits per heavy atom. The number of aliphatic imine (C=N–C) groups is 1. The first-order valence-electron chi connectivity index (χ1n) is 6.06. The van der Waals surface area contributed by atoms with Gasteiger partial charge < -0.3 is 0 Å². The van der Waals surface area contributed by atoms with Crippen LogP contribution in [0.4, 0.5) is 0 Å². The van der Waals surface area contributed by atoms with E-state index in [9.17, 15) is 0 Å². The quantitative estimate of drug-likeness (QED) is 0.484. The molecule has 2 atom stereocenters. The maximum atomic E-state index is 4.84. The van der Waals surface area contributed by atoms with E-state index in [1.165, 1.54) is 38.5 Å². The number of hydrogen-bond donors (Lipinski definition) is 0. The lowest BCUT2D eigenvalue weighted by atomic mass is 9.43. The first-order valence-corrected chi connectivity index (χ1v) is 6.47. The van der Waals surface area contributed by atoms with Gasteiger partial charge in [0.2, 0.25) is 0 Å². The average Bonchev–Trinajstić information content (AvgIpc) is 1.94. The second kappa shape index (κ2) is 2.73. The van der Waals surface area contributed by atoms with Gasteiger partial charge in [-0.1, -0.05) is 13.8 Å². The van der Waals surface area contributed by atoms with Gasteiger partial charge in [0.15, 0.2) is 0 Å². The van der Waals surface area contributed by atoms with Crippen molar-refractivity contribution in [3.63, 3.8) is 0 Å². The van der Waals surface area contributed by atoms with E-state index in [0.29, 0.717) is 10.8 Å². The Morgan fingerprint density at radius 3 is 2.13 bits per heavy atom. The lowest BCUT2D eigenvalue weighted by molar-refractivity contribution is -0.103. The second-order valence-electron chi connectivity index (χ2n) is 7.06. The molecule has 0 saturated heterocycles. The average molecular weight is 221 g/mol. The highest BCUT2D eigenvalue weighted by atomic mass is 32.1. The summed E-state index contributed by atoms with van der Waals surface area (Å²) in [6.07, 6.45) is 8.06. The van der Waals surface area contributed by atoms with Crippen molar-refractivity contribution in [2.24, 2.45) is 21.7 Å². The van der Waals surface area contributed by atoms with Crippen LogP contribution in [0.3, 0.4) is 0 Å². The van der Waals surface area contributed by atoms with Crippen LogP contribution in [0, 0.1) is 16.7 Å². The largest absolute Gasteiger partial charge is 0.226 e. The molecule has 82 valence electrons. The second-order valence-corrected chi connectivity index (χ2v) is 7.24. The molecule has 0 spiro atoms. The molecule has 4 aliphatic rings. The third-order valence-electron chi connectivity index (χ3n) is 4.88. The fourth-order valence-corrected chi connectivity index (χ4v) is 5.80. The molecule has 0 aliphatic heterocycles. The zero-order chi connectivity index (χ0) is 10.7. The van der Waals surface area contributed by atoms with Gasteiger partial charge in [-0.2, -0.15) is 0 Å².